The standard InChI is InChI=1S/C18H19NO/c1-2-6-16(7-3-1)20-17-8-4-5-14(9-17)10-18-11-15(18)12-19-13-18/h1-9,15,19H,10-13H2. The van der Waals surface area contributed by atoms with E-state index < -0.39 is 0 Å². The van der Waals surface area contributed by atoms with Gasteiger partial charge in [-0.1, -0.05) is 30.3 Å². The molecule has 0 spiro atoms. The van der Waals surface area contributed by atoms with Gasteiger partial charge in [0.25, 0.3) is 0 Å². The first kappa shape index (κ1) is 12.0. The van der Waals surface area contributed by atoms with Crippen LogP contribution in [0.4, 0.5) is 0 Å². The van der Waals surface area contributed by atoms with Gasteiger partial charge in [-0.2, -0.15) is 0 Å². The molecule has 2 atom stereocenters. The highest BCUT2D eigenvalue weighted by atomic mass is 16.5. The summed E-state index contributed by atoms with van der Waals surface area (Å²) >= 11 is 0. The summed E-state index contributed by atoms with van der Waals surface area (Å²) in [5, 5.41) is 3.51. The molecule has 2 unspecified atom stereocenters. The van der Waals surface area contributed by atoms with Gasteiger partial charge in [-0.15, -0.1) is 0 Å². The van der Waals surface area contributed by atoms with Gasteiger partial charge < -0.3 is 10.1 Å². The molecular weight excluding hydrogens is 246 g/mol. The molecule has 0 amide bonds. The van der Waals surface area contributed by atoms with E-state index in [4.69, 9.17) is 4.74 Å². The van der Waals surface area contributed by atoms with E-state index in [1.54, 1.807) is 0 Å². The highest BCUT2D eigenvalue weighted by molar-refractivity contribution is 5.35. The van der Waals surface area contributed by atoms with Gasteiger partial charge in [0, 0.05) is 6.54 Å². The molecule has 0 bridgehead atoms. The fourth-order valence-corrected chi connectivity index (χ4v) is 3.46. The summed E-state index contributed by atoms with van der Waals surface area (Å²) in [5.74, 6) is 2.74. The second-order valence-corrected chi connectivity index (χ2v) is 6.13. The predicted molar refractivity (Wildman–Crippen MR) is 80.1 cm³/mol. The molecule has 1 heterocycles. The number of hydrogen-bond acceptors (Lipinski definition) is 2. The molecule has 0 radical (unpaired) electrons. The molecule has 1 saturated carbocycles. The van der Waals surface area contributed by atoms with Gasteiger partial charge in [0.05, 0.1) is 0 Å². The summed E-state index contributed by atoms with van der Waals surface area (Å²) in [6, 6.07) is 18.5. The molecule has 1 aliphatic heterocycles. The third-order valence-electron chi connectivity index (χ3n) is 4.66. The normalized spacial score (nSPS) is 27.1. The third-order valence-corrected chi connectivity index (χ3v) is 4.66. The van der Waals surface area contributed by atoms with Crippen molar-refractivity contribution in [1.29, 1.82) is 0 Å². The second-order valence-electron chi connectivity index (χ2n) is 6.13. The van der Waals surface area contributed by atoms with Gasteiger partial charge in [0.15, 0.2) is 0 Å². The van der Waals surface area contributed by atoms with E-state index in [0.717, 1.165) is 17.4 Å². The van der Waals surface area contributed by atoms with Crippen molar-refractivity contribution >= 4 is 0 Å². The zero-order chi connectivity index (χ0) is 13.4. The van der Waals surface area contributed by atoms with E-state index in [1.807, 2.05) is 36.4 Å². The Balaban J connectivity index is 1.50. The Kier molecular flexibility index (Phi) is 2.78. The van der Waals surface area contributed by atoms with Crippen LogP contribution in [0, 0.1) is 11.3 Å². The molecule has 0 aromatic heterocycles. The van der Waals surface area contributed by atoms with Crippen LogP contribution in [-0.4, -0.2) is 13.1 Å². The predicted octanol–water partition coefficient (Wildman–Crippen LogP) is 3.63. The fraction of sp³-hybridized carbons (Fsp3) is 0.333. The maximum atomic E-state index is 5.91. The smallest absolute Gasteiger partial charge is 0.127 e. The third kappa shape index (κ3) is 2.20. The van der Waals surface area contributed by atoms with Crippen molar-refractivity contribution in [2.75, 3.05) is 13.1 Å². The van der Waals surface area contributed by atoms with E-state index in [0.29, 0.717) is 5.41 Å². The lowest BCUT2D eigenvalue weighted by Crippen LogP contribution is -2.17. The van der Waals surface area contributed by atoms with Gasteiger partial charge in [-0.3, -0.25) is 0 Å². The molecule has 1 aliphatic carbocycles. The number of nitrogens with one attached hydrogen (secondary N) is 1. The Hall–Kier alpha value is -1.80. The van der Waals surface area contributed by atoms with Gasteiger partial charge in [0.1, 0.15) is 11.5 Å². The van der Waals surface area contributed by atoms with Crippen LogP contribution < -0.4 is 10.1 Å². The molecule has 2 aliphatic rings. The maximum absolute atomic E-state index is 5.91. The Labute approximate surface area is 119 Å². The van der Waals surface area contributed by atoms with Crippen molar-refractivity contribution in [3.05, 3.63) is 60.2 Å². The number of para-hydroxylation sites is 1. The quantitative estimate of drug-likeness (QED) is 0.911. The fourth-order valence-electron chi connectivity index (χ4n) is 3.46. The van der Waals surface area contributed by atoms with Crippen molar-refractivity contribution < 1.29 is 4.74 Å². The summed E-state index contributed by atoms with van der Waals surface area (Å²) in [4.78, 5) is 0. The first-order valence-electron chi connectivity index (χ1n) is 7.37. The Bertz CT molecular complexity index is 610. The summed E-state index contributed by atoms with van der Waals surface area (Å²) in [5.41, 5.74) is 1.94. The molecule has 4 rings (SSSR count). The maximum Gasteiger partial charge on any atom is 0.127 e. The summed E-state index contributed by atoms with van der Waals surface area (Å²) in [6.45, 7) is 2.39. The first-order chi connectivity index (χ1) is 9.84. The highest BCUT2D eigenvalue weighted by Crippen LogP contribution is 2.56. The highest BCUT2D eigenvalue weighted by Gasteiger charge is 2.56. The van der Waals surface area contributed by atoms with Crippen LogP contribution in [0.1, 0.15) is 12.0 Å². The van der Waals surface area contributed by atoms with Crippen LogP contribution in [-0.2, 0) is 6.42 Å². The van der Waals surface area contributed by atoms with Gasteiger partial charge in [-0.25, -0.2) is 0 Å². The lowest BCUT2D eigenvalue weighted by atomic mass is 9.95. The summed E-state index contributed by atoms with van der Waals surface area (Å²) < 4.78 is 5.91. The monoisotopic (exact) mass is 265 g/mol. The molecule has 2 aromatic rings. The molecule has 102 valence electrons. The molecule has 1 N–H and O–H groups in total. The molecule has 2 heteroatoms. The van der Waals surface area contributed by atoms with Crippen molar-refractivity contribution in [2.45, 2.75) is 12.8 Å². The first-order valence-corrected chi connectivity index (χ1v) is 7.37. The van der Waals surface area contributed by atoms with E-state index >= 15 is 0 Å². The average Bonchev–Trinajstić information content (AvgIpc) is 3.00. The number of piperidine rings is 1. The minimum absolute atomic E-state index is 0.547. The molecule has 1 saturated heterocycles. The molecular formula is C18H19NO. The molecule has 20 heavy (non-hydrogen) atoms. The van der Waals surface area contributed by atoms with Crippen molar-refractivity contribution in [2.24, 2.45) is 11.3 Å². The van der Waals surface area contributed by atoms with Crippen LogP contribution in [0.2, 0.25) is 0 Å². The lowest BCUT2D eigenvalue weighted by molar-refractivity contribution is 0.478. The number of ether oxygens (including phenoxy) is 1. The molecule has 2 nitrogen and oxygen atoms in total. The van der Waals surface area contributed by atoms with Gasteiger partial charge in [0.2, 0.25) is 0 Å². The largest absolute Gasteiger partial charge is 0.457 e. The number of benzene rings is 2. The van der Waals surface area contributed by atoms with E-state index in [9.17, 15) is 0 Å². The van der Waals surface area contributed by atoms with E-state index in [2.05, 4.69) is 23.5 Å². The minimum Gasteiger partial charge on any atom is -0.457 e. The second kappa shape index (κ2) is 4.64. The SMILES string of the molecule is c1ccc(Oc2cccc(CC34CNCC3C4)c2)cc1. The summed E-state index contributed by atoms with van der Waals surface area (Å²) in [6.07, 6.45) is 2.57. The number of hydrogen-bond donors (Lipinski definition) is 1. The van der Waals surface area contributed by atoms with E-state index in [-0.39, 0.29) is 0 Å². The number of fused-ring (bicyclic) bond motifs is 1. The van der Waals surface area contributed by atoms with Crippen LogP contribution in [0.25, 0.3) is 0 Å². The van der Waals surface area contributed by atoms with Crippen LogP contribution in [0.3, 0.4) is 0 Å². The zero-order valence-electron chi connectivity index (χ0n) is 11.5. The van der Waals surface area contributed by atoms with Gasteiger partial charge in [-0.05, 0) is 60.5 Å². The summed E-state index contributed by atoms with van der Waals surface area (Å²) in [7, 11) is 0. The van der Waals surface area contributed by atoms with Crippen LogP contribution in [0.5, 0.6) is 11.5 Å². The van der Waals surface area contributed by atoms with Crippen molar-refractivity contribution in [3.8, 4) is 11.5 Å². The van der Waals surface area contributed by atoms with Crippen molar-refractivity contribution in [1.82, 2.24) is 5.32 Å². The molecule has 2 aromatic carbocycles. The Morgan fingerprint density at radius 1 is 1.05 bits per heavy atom. The zero-order valence-corrected chi connectivity index (χ0v) is 11.5. The van der Waals surface area contributed by atoms with Crippen LogP contribution in [0.15, 0.2) is 54.6 Å². The van der Waals surface area contributed by atoms with Crippen molar-refractivity contribution in [3.63, 3.8) is 0 Å². The van der Waals surface area contributed by atoms with E-state index in [1.165, 1.54) is 31.5 Å². The molecule has 2 fully saturated rings. The Morgan fingerprint density at radius 2 is 1.90 bits per heavy atom. The average molecular weight is 265 g/mol. The van der Waals surface area contributed by atoms with Gasteiger partial charge >= 0.3 is 0 Å². The Morgan fingerprint density at radius 3 is 2.65 bits per heavy atom. The minimum atomic E-state index is 0.547. The van der Waals surface area contributed by atoms with Crippen LogP contribution >= 0.6 is 0 Å². The topological polar surface area (TPSA) is 21.3 Å². The lowest BCUT2D eigenvalue weighted by Gasteiger charge is -2.13. The number of rotatable bonds is 4.